The van der Waals surface area contributed by atoms with Gasteiger partial charge in [-0.25, -0.2) is 0 Å². The van der Waals surface area contributed by atoms with Crippen LogP contribution in [0.25, 0.3) is 0 Å². The van der Waals surface area contributed by atoms with Crippen molar-refractivity contribution in [2.75, 3.05) is 11.9 Å². The quantitative estimate of drug-likeness (QED) is 0.573. The summed E-state index contributed by atoms with van der Waals surface area (Å²) in [6.07, 6.45) is 0.0955. The van der Waals surface area contributed by atoms with Crippen LogP contribution in [0.2, 0.25) is 0 Å². The molecular weight excluding hydrogens is 292 g/mol. The van der Waals surface area contributed by atoms with Crippen LogP contribution < -0.4 is 0 Å². The highest BCUT2D eigenvalue weighted by Crippen LogP contribution is 2.09. The lowest BCUT2D eigenvalue weighted by atomic mass is 10.2. The normalized spacial score (nSPS) is 12.2. The van der Waals surface area contributed by atoms with Gasteiger partial charge in [0.15, 0.2) is 5.78 Å². The van der Waals surface area contributed by atoms with Crippen molar-refractivity contribution in [1.82, 2.24) is 0 Å². The number of esters is 1. The zero-order valence-electron chi connectivity index (χ0n) is 6.68. The molecule has 0 radical (unpaired) electrons. The van der Waals surface area contributed by atoms with E-state index in [0.29, 0.717) is 6.61 Å². The predicted molar refractivity (Wildman–Crippen MR) is 52.8 cm³/mol. The van der Waals surface area contributed by atoms with Crippen molar-refractivity contribution in [3.8, 4) is 0 Å². The van der Waals surface area contributed by atoms with Crippen LogP contribution in [0.15, 0.2) is 0 Å². The highest BCUT2D eigenvalue weighted by Gasteiger charge is 2.17. The van der Waals surface area contributed by atoms with Crippen LogP contribution in [0.1, 0.15) is 13.3 Å². The fraction of sp³-hybridized carbons (Fsp3) is 0.714. The number of hydrogen-bond donors (Lipinski definition) is 0. The maximum Gasteiger partial charge on any atom is 0.307 e. The van der Waals surface area contributed by atoms with Crippen LogP contribution >= 0.6 is 31.9 Å². The Hall–Kier alpha value is 0.1000. The molecule has 0 N–H and O–H groups in total. The average Bonchev–Trinajstić information content (AvgIpc) is 2.03. The second kappa shape index (κ2) is 6.60. The number of halogens is 2. The molecular formula is C7H10Br2O3. The Bertz CT molecular complexity index is 170. The summed E-state index contributed by atoms with van der Waals surface area (Å²) >= 11 is 6.11. The minimum absolute atomic E-state index is 0.0527. The number of ketones is 1. The molecule has 0 bridgehead atoms. The van der Waals surface area contributed by atoms with E-state index in [2.05, 4.69) is 36.6 Å². The first kappa shape index (κ1) is 12.1. The molecule has 0 saturated carbocycles. The molecule has 3 nitrogen and oxygen atoms in total. The van der Waals surface area contributed by atoms with E-state index < -0.39 is 4.83 Å². The van der Waals surface area contributed by atoms with E-state index in [9.17, 15) is 9.59 Å². The van der Waals surface area contributed by atoms with Crippen molar-refractivity contribution in [2.45, 2.75) is 18.2 Å². The highest BCUT2D eigenvalue weighted by molar-refractivity contribution is 9.10. The van der Waals surface area contributed by atoms with E-state index >= 15 is 0 Å². The number of ether oxygens (including phenoxy) is 1. The molecule has 0 fully saturated rings. The zero-order chi connectivity index (χ0) is 9.56. The minimum atomic E-state index is -0.434. The monoisotopic (exact) mass is 300 g/mol. The first-order valence-corrected chi connectivity index (χ1v) is 5.53. The fourth-order valence-electron chi connectivity index (χ4n) is 0.564. The predicted octanol–water partition coefficient (Wildman–Crippen LogP) is 1.67. The molecule has 0 aliphatic heterocycles. The van der Waals surface area contributed by atoms with Crippen molar-refractivity contribution in [1.29, 1.82) is 0 Å². The minimum Gasteiger partial charge on any atom is -0.466 e. The SMILES string of the molecule is CCOC(=O)C[C@H](Br)C(=O)CBr. The molecule has 0 amide bonds. The Morgan fingerprint density at radius 3 is 2.50 bits per heavy atom. The van der Waals surface area contributed by atoms with E-state index in [-0.39, 0.29) is 23.5 Å². The highest BCUT2D eigenvalue weighted by atomic mass is 79.9. The molecule has 0 spiro atoms. The molecule has 0 aromatic carbocycles. The molecule has 70 valence electrons. The second-order valence-corrected chi connectivity index (χ2v) is 3.74. The van der Waals surface area contributed by atoms with Gasteiger partial charge >= 0.3 is 5.97 Å². The average molecular weight is 302 g/mol. The van der Waals surface area contributed by atoms with Crippen molar-refractivity contribution >= 4 is 43.6 Å². The summed E-state index contributed by atoms with van der Waals surface area (Å²) in [4.78, 5) is 21.4. The molecule has 12 heavy (non-hydrogen) atoms. The van der Waals surface area contributed by atoms with Gasteiger partial charge < -0.3 is 4.74 Å². The third-order valence-electron chi connectivity index (χ3n) is 1.13. The summed E-state index contributed by atoms with van der Waals surface area (Å²) in [7, 11) is 0. The van der Waals surface area contributed by atoms with Crippen LogP contribution in [0.3, 0.4) is 0 Å². The lowest BCUT2D eigenvalue weighted by Crippen LogP contribution is -2.20. The number of hydrogen-bond acceptors (Lipinski definition) is 3. The molecule has 0 heterocycles. The lowest BCUT2D eigenvalue weighted by molar-refractivity contribution is -0.143. The smallest absolute Gasteiger partial charge is 0.307 e. The van der Waals surface area contributed by atoms with Gasteiger partial charge in [0.1, 0.15) is 0 Å². The van der Waals surface area contributed by atoms with E-state index in [1.807, 2.05) is 0 Å². The number of carbonyl (C=O) groups excluding carboxylic acids is 2. The van der Waals surface area contributed by atoms with Crippen LogP contribution in [0.4, 0.5) is 0 Å². The Kier molecular flexibility index (Phi) is 6.65. The van der Waals surface area contributed by atoms with Crippen LogP contribution in [-0.2, 0) is 14.3 Å². The van der Waals surface area contributed by atoms with E-state index in [1.165, 1.54) is 0 Å². The first-order valence-electron chi connectivity index (χ1n) is 3.50. The van der Waals surface area contributed by atoms with Gasteiger partial charge in [-0.2, -0.15) is 0 Å². The third-order valence-corrected chi connectivity index (χ3v) is 2.52. The first-order chi connectivity index (χ1) is 5.61. The van der Waals surface area contributed by atoms with Gasteiger partial charge in [-0.1, -0.05) is 31.9 Å². The molecule has 0 aliphatic rings. The van der Waals surface area contributed by atoms with E-state index in [4.69, 9.17) is 0 Å². The topological polar surface area (TPSA) is 43.4 Å². The largest absolute Gasteiger partial charge is 0.466 e. The third kappa shape index (κ3) is 4.87. The number of Topliss-reactive ketones (excluding diaryl/α,β-unsaturated/α-hetero) is 1. The molecule has 0 rings (SSSR count). The lowest BCUT2D eigenvalue weighted by Gasteiger charge is -2.05. The Morgan fingerprint density at radius 1 is 1.50 bits per heavy atom. The standard InChI is InChI=1S/C7H10Br2O3/c1-2-12-7(11)3-5(9)6(10)4-8/h5H,2-4H2,1H3/t5-/m0/s1. The Balaban J connectivity index is 3.75. The summed E-state index contributed by atoms with van der Waals surface area (Å²) in [5.74, 6) is -0.406. The van der Waals surface area contributed by atoms with Gasteiger partial charge in [-0.05, 0) is 6.92 Å². The fourth-order valence-corrected chi connectivity index (χ4v) is 1.82. The van der Waals surface area contributed by atoms with E-state index in [1.54, 1.807) is 6.92 Å². The molecule has 0 aromatic heterocycles. The van der Waals surface area contributed by atoms with Crippen LogP contribution in [0.5, 0.6) is 0 Å². The van der Waals surface area contributed by atoms with Gasteiger partial charge in [0.05, 0.1) is 23.2 Å². The maximum atomic E-state index is 10.9. The van der Waals surface area contributed by atoms with Gasteiger partial charge in [0, 0.05) is 0 Å². The second-order valence-electron chi connectivity index (χ2n) is 2.08. The summed E-state index contributed by atoms with van der Waals surface area (Å²) in [6.45, 7) is 2.08. The van der Waals surface area contributed by atoms with Gasteiger partial charge in [0.2, 0.25) is 0 Å². The van der Waals surface area contributed by atoms with Crippen molar-refractivity contribution in [3.05, 3.63) is 0 Å². The summed E-state index contributed by atoms with van der Waals surface area (Å²) in [5.41, 5.74) is 0. The molecule has 0 saturated heterocycles. The van der Waals surface area contributed by atoms with Crippen LogP contribution in [-0.4, -0.2) is 28.5 Å². The summed E-state index contributed by atoms with van der Waals surface area (Å²) < 4.78 is 4.67. The molecule has 0 aromatic rings. The van der Waals surface area contributed by atoms with Gasteiger partial charge in [0.25, 0.3) is 0 Å². The van der Waals surface area contributed by atoms with Crippen molar-refractivity contribution in [3.63, 3.8) is 0 Å². The van der Waals surface area contributed by atoms with E-state index in [0.717, 1.165) is 0 Å². The zero-order valence-corrected chi connectivity index (χ0v) is 9.85. The Labute approximate surface area is 88.1 Å². The Morgan fingerprint density at radius 2 is 2.08 bits per heavy atom. The van der Waals surface area contributed by atoms with Crippen molar-refractivity contribution in [2.24, 2.45) is 0 Å². The molecule has 5 heteroatoms. The number of carbonyl (C=O) groups is 2. The van der Waals surface area contributed by atoms with Gasteiger partial charge in [-0.15, -0.1) is 0 Å². The van der Waals surface area contributed by atoms with Crippen LogP contribution in [0, 0.1) is 0 Å². The summed E-state index contributed by atoms with van der Waals surface area (Å²) in [6, 6.07) is 0. The summed E-state index contributed by atoms with van der Waals surface area (Å²) in [5, 5.41) is 0.252. The molecule has 0 aliphatic carbocycles. The molecule has 1 atom stereocenters. The maximum absolute atomic E-state index is 10.9. The molecule has 0 unspecified atom stereocenters. The number of rotatable bonds is 5. The number of alkyl halides is 2. The van der Waals surface area contributed by atoms with Crippen molar-refractivity contribution < 1.29 is 14.3 Å². The van der Waals surface area contributed by atoms with Gasteiger partial charge in [-0.3, -0.25) is 9.59 Å².